The van der Waals surface area contributed by atoms with Crippen molar-refractivity contribution in [2.45, 2.75) is 12.8 Å². The van der Waals surface area contributed by atoms with Crippen LogP contribution in [0.5, 0.6) is 5.75 Å². The highest BCUT2D eigenvalue weighted by molar-refractivity contribution is 5.79. The molecule has 0 saturated heterocycles. The Labute approximate surface area is 151 Å². The molecule has 0 radical (unpaired) electrons. The molecule has 0 unspecified atom stereocenters. The van der Waals surface area contributed by atoms with Crippen molar-refractivity contribution >= 4 is 5.91 Å². The topological polar surface area (TPSA) is 77.3 Å². The lowest BCUT2D eigenvalue weighted by atomic mass is 9.96. The third-order valence-electron chi connectivity index (χ3n) is 4.39. The molecule has 0 saturated carbocycles. The summed E-state index contributed by atoms with van der Waals surface area (Å²) < 4.78 is 10.9. The number of nitrogens with zero attached hydrogens (tertiary/aromatic N) is 2. The number of nitrogens with one attached hydrogen (secondary N) is 1. The van der Waals surface area contributed by atoms with E-state index in [-0.39, 0.29) is 11.8 Å². The summed E-state index contributed by atoms with van der Waals surface area (Å²) in [7, 11) is 0. The minimum Gasteiger partial charge on any atom is -0.492 e. The zero-order chi connectivity index (χ0) is 17.8. The molecule has 2 heterocycles. The van der Waals surface area contributed by atoms with Crippen LogP contribution in [0, 0.1) is 5.92 Å². The number of benzene rings is 2. The van der Waals surface area contributed by atoms with Gasteiger partial charge in [0.05, 0.1) is 5.92 Å². The molecule has 0 spiro atoms. The van der Waals surface area contributed by atoms with Crippen LogP contribution in [0.1, 0.15) is 11.4 Å². The second-order valence-corrected chi connectivity index (χ2v) is 6.24. The van der Waals surface area contributed by atoms with Crippen molar-refractivity contribution in [2.24, 2.45) is 5.92 Å². The van der Waals surface area contributed by atoms with Crippen molar-refractivity contribution in [3.8, 4) is 17.2 Å². The Bertz CT molecular complexity index is 892. The van der Waals surface area contributed by atoms with E-state index in [2.05, 4.69) is 15.5 Å². The summed E-state index contributed by atoms with van der Waals surface area (Å²) in [6.07, 6.45) is 1.22. The molecule has 0 aliphatic carbocycles. The molecule has 0 bridgehead atoms. The summed E-state index contributed by atoms with van der Waals surface area (Å²) in [6, 6.07) is 17.4. The van der Waals surface area contributed by atoms with Gasteiger partial charge >= 0.3 is 0 Å². The molecule has 0 fully saturated rings. The van der Waals surface area contributed by atoms with Crippen LogP contribution in [0.25, 0.3) is 11.5 Å². The first-order valence-corrected chi connectivity index (χ1v) is 8.66. The van der Waals surface area contributed by atoms with Crippen molar-refractivity contribution in [1.82, 2.24) is 15.5 Å². The molecule has 1 atom stereocenters. The van der Waals surface area contributed by atoms with Crippen LogP contribution in [-0.2, 0) is 17.6 Å². The van der Waals surface area contributed by atoms with Crippen LogP contribution >= 0.6 is 0 Å². The number of rotatable bonds is 5. The smallest absolute Gasteiger partial charge is 0.257 e. The van der Waals surface area contributed by atoms with E-state index in [9.17, 15) is 4.79 Å². The SMILES string of the molecule is O=C(NCCc1noc(-c2ccccc2)n1)[C@H]1COc2ccccc2C1. The molecule has 1 aliphatic heterocycles. The van der Waals surface area contributed by atoms with Gasteiger partial charge in [0.2, 0.25) is 5.91 Å². The number of hydrogen-bond acceptors (Lipinski definition) is 5. The average molecular weight is 349 g/mol. The Balaban J connectivity index is 1.29. The molecular weight excluding hydrogens is 330 g/mol. The monoisotopic (exact) mass is 349 g/mol. The number of fused-ring (bicyclic) bond motifs is 1. The number of carbonyl (C=O) groups excluding carboxylic acids is 1. The van der Waals surface area contributed by atoms with Crippen LogP contribution in [0.4, 0.5) is 0 Å². The minimum atomic E-state index is -0.171. The van der Waals surface area contributed by atoms with Crippen molar-refractivity contribution in [1.29, 1.82) is 0 Å². The Morgan fingerprint density at radius 2 is 1.92 bits per heavy atom. The average Bonchev–Trinajstić information content (AvgIpc) is 3.17. The van der Waals surface area contributed by atoms with Crippen LogP contribution in [-0.4, -0.2) is 29.2 Å². The fourth-order valence-corrected chi connectivity index (χ4v) is 2.99. The van der Waals surface area contributed by atoms with E-state index in [1.54, 1.807) is 0 Å². The standard InChI is InChI=1S/C20H19N3O3/c24-19(16-12-15-8-4-5-9-17(15)25-13-16)21-11-10-18-22-20(26-23-18)14-6-2-1-3-7-14/h1-9,16H,10-13H2,(H,21,24)/t16-/m1/s1. The van der Waals surface area contributed by atoms with Gasteiger partial charge in [0.25, 0.3) is 5.89 Å². The van der Waals surface area contributed by atoms with Gasteiger partial charge in [-0.25, -0.2) is 0 Å². The predicted octanol–water partition coefficient (Wildman–Crippen LogP) is 2.65. The largest absolute Gasteiger partial charge is 0.492 e. The molecule has 26 heavy (non-hydrogen) atoms. The van der Waals surface area contributed by atoms with E-state index in [1.807, 2.05) is 54.6 Å². The van der Waals surface area contributed by atoms with Gasteiger partial charge in [0.15, 0.2) is 5.82 Å². The van der Waals surface area contributed by atoms with Crippen LogP contribution in [0.2, 0.25) is 0 Å². The lowest BCUT2D eigenvalue weighted by Gasteiger charge is -2.24. The van der Waals surface area contributed by atoms with Gasteiger partial charge in [-0.2, -0.15) is 4.98 Å². The Kier molecular flexibility index (Phi) is 4.64. The third-order valence-corrected chi connectivity index (χ3v) is 4.39. The maximum atomic E-state index is 12.4. The lowest BCUT2D eigenvalue weighted by Crippen LogP contribution is -2.38. The van der Waals surface area contributed by atoms with E-state index in [0.717, 1.165) is 16.9 Å². The predicted molar refractivity (Wildman–Crippen MR) is 95.6 cm³/mol. The fraction of sp³-hybridized carbons (Fsp3) is 0.250. The summed E-state index contributed by atoms with van der Waals surface area (Å²) in [4.78, 5) is 16.7. The van der Waals surface area contributed by atoms with Gasteiger partial charge in [-0.05, 0) is 30.2 Å². The molecule has 1 amide bonds. The first-order chi connectivity index (χ1) is 12.8. The number of hydrogen-bond donors (Lipinski definition) is 1. The summed E-state index contributed by atoms with van der Waals surface area (Å²) in [6.45, 7) is 0.869. The maximum absolute atomic E-state index is 12.4. The highest BCUT2D eigenvalue weighted by Gasteiger charge is 2.25. The van der Waals surface area contributed by atoms with E-state index >= 15 is 0 Å². The van der Waals surface area contributed by atoms with Gasteiger partial charge < -0.3 is 14.6 Å². The summed E-state index contributed by atoms with van der Waals surface area (Å²) in [5, 5.41) is 6.91. The van der Waals surface area contributed by atoms with E-state index in [4.69, 9.17) is 9.26 Å². The Hall–Kier alpha value is -3.15. The molecule has 6 nitrogen and oxygen atoms in total. The second kappa shape index (κ2) is 7.39. The number of para-hydroxylation sites is 1. The zero-order valence-electron chi connectivity index (χ0n) is 14.2. The Morgan fingerprint density at radius 3 is 2.81 bits per heavy atom. The number of aromatic nitrogens is 2. The molecule has 1 N–H and O–H groups in total. The molecule has 1 aromatic heterocycles. The minimum absolute atomic E-state index is 0.00807. The van der Waals surface area contributed by atoms with Crippen molar-refractivity contribution in [2.75, 3.05) is 13.2 Å². The summed E-state index contributed by atoms with van der Waals surface area (Å²) in [5.74, 6) is 1.76. The molecule has 4 rings (SSSR count). The van der Waals surface area contributed by atoms with Gasteiger partial charge in [-0.15, -0.1) is 0 Å². The summed E-state index contributed by atoms with van der Waals surface area (Å²) in [5.41, 5.74) is 1.96. The van der Waals surface area contributed by atoms with Gasteiger partial charge in [-0.3, -0.25) is 4.79 Å². The van der Waals surface area contributed by atoms with Crippen LogP contribution < -0.4 is 10.1 Å². The van der Waals surface area contributed by atoms with Crippen LogP contribution in [0.3, 0.4) is 0 Å². The highest BCUT2D eigenvalue weighted by Crippen LogP contribution is 2.26. The van der Waals surface area contributed by atoms with Gasteiger partial charge in [0.1, 0.15) is 12.4 Å². The quantitative estimate of drug-likeness (QED) is 0.766. The first-order valence-electron chi connectivity index (χ1n) is 8.66. The molecule has 132 valence electrons. The highest BCUT2D eigenvalue weighted by atomic mass is 16.5. The molecule has 6 heteroatoms. The van der Waals surface area contributed by atoms with Crippen LogP contribution in [0.15, 0.2) is 59.1 Å². The van der Waals surface area contributed by atoms with Crippen molar-refractivity contribution < 1.29 is 14.1 Å². The second-order valence-electron chi connectivity index (χ2n) is 6.24. The molecule has 2 aromatic carbocycles. The maximum Gasteiger partial charge on any atom is 0.257 e. The first kappa shape index (κ1) is 16.3. The zero-order valence-corrected chi connectivity index (χ0v) is 14.2. The van der Waals surface area contributed by atoms with E-state index in [0.29, 0.717) is 37.7 Å². The Morgan fingerprint density at radius 1 is 1.12 bits per heavy atom. The molecule has 3 aromatic rings. The number of ether oxygens (including phenoxy) is 1. The molecular formula is C20H19N3O3. The summed E-state index contributed by atoms with van der Waals surface area (Å²) >= 11 is 0. The number of carbonyl (C=O) groups is 1. The van der Waals surface area contributed by atoms with E-state index < -0.39 is 0 Å². The lowest BCUT2D eigenvalue weighted by molar-refractivity contribution is -0.126. The fourth-order valence-electron chi connectivity index (χ4n) is 2.99. The van der Waals surface area contributed by atoms with Gasteiger partial charge in [0, 0.05) is 18.5 Å². The normalized spacial score (nSPS) is 15.8. The molecule has 1 aliphatic rings. The van der Waals surface area contributed by atoms with E-state index in [1.165, 1.54) is 0 Å². The number of amides is 1. The van der Waals surface area contributed by atoms with Gasteiger partial charge in [-0.1, -0.05) is 41.6 Å². The van der Waals surface area contributed by atoms with Crippen molar-refractivity contribution in [3.05, 3.63) is 66.0 Å². The van der Waals surface area contributed by atoms with Crippen molar-refractivity contribution in [3.63, 3.8) is 0 Å². The third kappa shape index (κ3) is 3.59.